The fraction of sp³-hybridized carbons (Fsp3) is 0.462. The highest BCUT2D eigenvalue weighted by atomic mass is 32.2. The van der Waals surface area contributed by atoms with Gasteiger partial charge in [-0.15, -0.1) is 0 Å². The van der Waals surface area contributed by atoms with Crippen LogP contribution < -0.4 is 10.5 Å². The van der Waals surface area contributed by atoms with Gasteiger partial charge < -0.3 is 4.74 Å². The van der Waals surface area contributed by atoms with Crippen molar-refractivity contribution in [1.82, 2.24) is 0 Å². The molecule has 0 aliphatic carbocycles. The molecule has 7 heteroatoms. The maximum atomic E-state index is 11.6. The summed E-state index contributed by atoms with van der Waals surface area (Å²) in [5, 5.41) is 7.52. The SMILES string of the molecule is CCC(C)C(C)OC(=O)Nc1ccc(S(N)(=O)=O)cc1. The van der Waals surface area contributed by atoms with Gasteiger partial charge in [-0.05, 0) is 37.1 Å². The lowest BCUT2D eigenvalue weighted by atomic mass is 10.0. The molecule has 0 saturated heterocycles. The second-order valence-electron chi connectivity index (χ2n) is 4.69. The van der Waals surface area contributed by atoms with Crippen molar-refractivity contribution in [2.24, 2.45) is 11.1 Å². The largest absolute Gasteiger partial charge is 0.446 e. The molecule has 112 valence electrons. The number of carbonyl (C=O) groups excluding carboxylic acids is 1. The van der Waals surface area contributed by atoms with Crippen molar-refractivity contribution >= 4 is 21.8 Å². The van der Waals surface area contributed by atoms with E-state index in [1.807, 2.05) is 20.8 Å². The highest BCUT2D eigenvalue weighted by Gasteiger charge is 2.15. The quantitative estimate of drug-likeness (QED) is 0.871. The third-order valence-corrected chi connectivity index (χ3v) is 4.10. The monoisotopic (exact) mass is 300 g/mol. The predicted molar refractivity (Wildman–Crippen MR) is 76.8 cm³/mol. The molecular formula is C13H20N2O4S. The van der Waals surface area contributed by atoms with E-state index in [9.17, 15) is 13.2 Å². The molecule has 0 fully saturated rings. The average molecular weight is 300 g/mol. The Labute approximate surface area is 119 Å². The van der Waals surface area contributed by atoms with E-state index in [0.29, 0.717) is 5.69 Å². The fourth-order valence-corrected chi connectivity index (χ4v) is 2.01. The molecule has 0 radical (unpaired) electrons. The van der Waals surface area contributed by atoms with Crippen molar-refractivity contribution in [1.29, 1.82) is 0 Å². The topological polar surface area (TPSA) is 98.5 Å². The van der Waals surface area contributed by atoms with Crippen LogP contribution in [0.1, 0.15) is 27.2 Å². The van der Waals surface area contributed by atoms with E-state index in [0.717, 1.165) is 6.42 Å². The third kappa shape index (κ3) is 4.82. The van der Waals surface area contributed by atoms with Crippen LogP contribution >= 0.6 is 0 Å². The van der Waals surface area contributed by atoms with Gasteiger partial charge in [0.05, 0.1) is 4.90 Å². The molecule has 2 unspecified atom stereocenters. The van der Waals surface area contributed by atoms with Crippen LogP contribution in [0.3, 0.4) is 0 Å². The Bertz CT molecular complexity index is 554. The van der Waals surface area contributed by atoms with E-state index in [-0.39, 0.29) is 16.9 Å². The number of carbonyl (C=O) groups is 1. The van der Waals surface area contributed by atoms with Gasteiger partial charge in [0.1, 0.15) is 6.10 Å². The molecule has 0 heterocycles. The first-order chi connectivity index (χ1) is 9.24. The summed E-state index contributed by atoms with van der Waals surface area (Å²) in [6, 6.07) is 5.55. The van der Waals surface area contributed by atoms with Crippen LogP contribution in [0.15, 0.2) is 29.2 Å². The summed E-state index contributed by atoms with van der Waals surface area (Å²) in [6.45, 7) is 5.85. The minimum Gasteiger partial charge on any atom is -0.446 e. The van der Waals surface area contributed by atoms with E-state index in [1.165, 1.54) is 24.3 Å². The van der Waals surface area contributed by atoms with Crippen LogP contribution in [0.2, 0.25) is 0 Å². The van der Waals surface area contributed by atoms with E-state index in [4.69, 9.17) is 9.88 Å². The Kier molecular flexibility index (Phi) is 5.52. The second-order valence-corrected chi connectivity index (χ2v) is 6.25. The van der Waals surface area contributed by atoms with Gasteiger partial charge in [-0.2, -0.15) is 0 Å². The number of nitrogens with one attached hydrogen (secondary N) is 1. The molecule has 0 aromatic heterocycles. The molecule has 0 spiro atoms. The van der Waals surface area contributed by atoms with Gasteiger partial charge >= 0.3 is 6.09 Å². The zero-order valence-electron chi connectivity index (χ0n) is 11.8. The number of nitrogens with two attached hydrogens (primary N) is 1. The van der Waals surface area contributed by atoms with E-state index in [2.05, 4.69) is 5.32 Å². The lowest BCUT2D eigenvalue weighted by Gasteiger charge is -2.19. The molecular weight excluding hydrogens is 280 g/mol. The lowest BCUT2D eigenvalue weighted by molar-refractivity contribution is 0.0877. The summed E-state index contributed by atoms with van der Waals surface area (Å²) in [5.41, 5.74) is 0.443. The van der Waals surface area contributed by atoms with Crippen LogP contribution in [0.4, 0.5) is 10.5 Å². The normalized spacial score (nSPS) is 14.4. The van der Waals surface area contributed by atoms with E-state index in [1.54, 1.807) is 0 Å². The van der Waals surface area contributed by atoms with Crippen molar-refractivity contribution in [2.75, 3.05) is 5.32 Å². The summed E-state index contributed by atoms with van der Waals surface area (Å²) in [4.78, 5) is 11.6. The highest BCUT2D eigenvalue weighted by molar-refractivity contribution is 7.89. The number of hydrogen-bond donors (Lipinski definition) is 2. The zero-order chi connectivity index (χ0) is 15.3. The molecule has 0 aliphatic heterocycles. The Morgan fingerprint density at radius 1 is 1.30 bits per heavy atom. The molecule has 6 nitrogen and oxygen atoms in total. The first kappa shape index (κ1) is 16.5. The van der Waals surface area contributed by atoms with Crippen molar-refractivity contribution in [3.8, 4) is 0 Å². The van der Waals surface area contributed by atoms with Gasteiger partial charge in [-0.1, -0.05) is 20.3 Å². The third-order valence-electron chi connectivity index (χ3n) is 3.17. The van der Waals surface area contributed by atoms with Gasteiger partial charge in [0.15, 0.2) is 0 Å². The van der Waals surface area contributed by atoms with E-state index < -0.39 is 16.1 Å². The van der Waals surface area contributed by atoms with Crippen molar-refractivity contribution in [2.45, 2.75) is 38.2 Å². The molecule has 1 aromatic carbocycles. The Balaban J connectivity index is 2.63. The average Bonchev–Trinajstić information content (AvgIpc) is 2.37. The number of benzene rings is 1. The Hall–Kier alpha value is -1.60. The molecule has 2 atom stereocenters. The standard InChI is InChI=1S/C13H20N2O4S/c1-4-9(2)10(3)19-13(16)15-11-5-7-12(8-6-11)20(14,17)18/h5-10H,4H2,1-3H3,(H,15,16)(H2,14,17,18). The molecule has 1 aromatic rings. The zero-order valence-corrected chi connectivity index (χ0v) is 12.6. The molecule has 0 bridgehead atoms. The number of anilines is 1. The van der Waals surface area contributed by atoms with Gasteiger partial charge in [0, 0.05) is 5.69 Å². The predicted octanol–water partition coefficient (Wildman–Crippen LogP) is 2.32. The van der Waals surface area contributed by atoms with Gasteiger partial charge in [-0.3, -0.25) is 5.32 Å². The Morgan fingerprint density at radius 2 is 1.85 bits per heavy atom. The van der Waals surface area contributed by atoms with Crippen molar-refractivity contribution in [3.05, 3.63) is 24.3 Å². The molecule has 0 aliphatic rings. The minimum atomic E-state index is -3.73. The van der Waals surface area contributed by atoms with Crippen LogP contribution in [-0.4, -0.2) is 20.6 Å². The maximum Gasteiger partial charge on any atom is 0.411 e. The van der Waals surface area contributed by atoms with Crippen LogP contribution in [0, 0.1) is 5.92 Å². The molecule has 0 saturated carbocycles. The van der Waals surface area contributed by atoms with Gasteiger partial charge in [0.25, 0.3) is 0 Å². The number of primary sulfonamides is 1. The minimum absolute atomic E-state index is 0.00982. The summed E-state index contributed by atoms with van der Waals surface area (Å²) in [6.07, 6.45) is 0.155. The van der Waals surface area contributed by atoms with Crippen LogP contribution in [-0.2, 0) is 14.8 Å². The lowest BCUT2D eigenvalue weighted by Crippen LogP contribution is -2.25. The number of sulfonamides is 1. The van der Waals surface area contributed by atoms with Gasteiger partial charge in [0.2, 0.25) is 10.0 Å². The number of ether oxygens (including phenoxy) is 1. The van der Waals surface area contributed by atoms with Crippen LogP contribution in [0.25, 0.3) is 0 Å². The molecule has 1 rings (SSSR count). The summed E-state index contributed by atoms with van der Waals surface area (Å²) >= 11 is 0. The number of rotatable bonds is 5. The molecule has 1 amide bonds. The molecule has 20 heavy (non-hydrogen) atoms. The first-order valence-corrected chi connectivity index (χ1v) is 7.89. The Morgan fingerprint density at radius 3 is 2.30 bits per heavy atom. The second kappa shape index (κ2) is 6.71. The highest BCUT2D eigenvalue weighted by Crippen LogP contribution is 2.15. The number of hydrogen-bond acceptors (Lipinski definition) is 4. The summed E-state index contributed by atoms with van der Waals surface area (Å²) in [5.74, 6) is 0.269. The smallest absolute Gasteiger partial charge is 0.411 e. The van der Waals surface area contributed by atoms with Gasteiger partial charge in [-0.25, -0.2) is 18.4 Å². The van der Waals surface area contributed by atoms with E-state index >= 15 is 0 Å². The summed E-state index contributed by atoms with van der Waals surface area (Å²) < 4.78 is 27.4. The number of amides is 1. The fourth-order valence-electron chi connectivity index (χ4n) is 1.49. The molecule has 3 N–H and O–H groups in total. The summed E-state index contributed by atoms with van der Waals surface area (Å²) in [7, 11) is -3.73. The maximum absolute atomic E-state index is 11.6. The van der Waals surface area contributed by atoms with Crippen LogP contribution in [0.5, 0.6) is 0 Å². The van der Waals surface area contributed by atoms with Crippen molar-refractivity contribution in [3.63, 3.8) is 0 Å². The van der Waals surface area contributed by atoms with Crippen molar-refractivity contribution < 1.29 is 17.9 Å². The first-order valence-electron chi connectivity index (χ1n) is 6.34.